The molecule has 2 aliphatic rings. The van der Waals surface area contributed by atoms with E-state index in [-0.39, 0.29) is 27.8 Å². The Kier molecular flexibility index (Phi) is 9.21. The van der Waals surface area contributed by atoms with Crippen molar-refractivity contribution in [2.45, 2.75) is 24.8 Å². The zero-order chi connectivity index (χ0) is 29.7. The van der Waals surface area contributed by atoms with Crippen molar-refractivity contribution in [3.63, 3.8) is 0 Å². The number of nitrogens with one attached hydrogen (secondary N) is 2. The fraction of sp³-hybridized carbons (Fsp3) is 0.292. The molecule has 3 amide bonds. The molecule has 3 heterocycles. The van der Waals surface area contributed by atoms with E-state index in [9.17, 15) is 24.0 Å². The number of carbonyl (C=O) groups is 5. The van der Waals surface area contributed by atoms with Gasteiger partial charge in [-0.15, -0.1) is 23.1 Å². The summed E-state index contributed by atoms with van der Waals surface area (Å²) in [6.45, 7) is 1.16. The van der Waals surface area contributed by atoms with Gasteiger partial charge in [0.1, 0.15) is 29.9 Å². The summed E-state index contributed by atoms with van der Waals surface area (Å²) < 4.78 is 10.5. The number of thioether (sulfide) groups is 1. The number of amides is 3. The fourth-order valence-corrected chi connectivity index (χ4v) is 5.67. The molecule has 0 saturated carbocycles. The second kappa shape index (κ2) is 12.8. The molecular weight excluding hydrogens is 578 g/mol. The first-order valence-corrected chi connectivity index (χ1v) is 13.8. The van der Waals surface area contributed by atoms with E-state index in [2.05, 4.69) is 20.8 Å². The molecule has 216 valence electrons. The molecule has 2 aromatic rings. The van der Waals surface area contributed by atoms with Gasteiger partial charge in [0.25, 0.3) is 11.8 Å². The number of benzene rings is 1. The lowest BCUT2D eigenvalue weighted by Crippen LogP contribution is -2.71. The van der Waals surface area contributed by atoms with Crippen LogP contribution in [0.4, 0.5) is 5.13 Å². The van der Waals surface area contributed by atoms with Gasteiger partial charge in [-0.05, 0) is 24.6 Å². The molecule has 1 unspecified atom stereocenters. The highest BCUT2D eigenvalue weighted by atomic mass is 32.2. The first-order valence-electron chi connectivity index (χ1n) is 11.9. The number of fused-ring (bicyclic) bond motifs is 1. The Morgan fingerprint density at radius 2 is 1.90 bits per heavy atom. The van der Waals surface area contributed by atoms with Gasteiger partial charge in [0.15, 0.2) is 10.8 Å². The van der Waals surface area contributed by atoms with Crippen LogP contribution in [0.25, 0.3) is 0 Å². The summed E-state index contributed by atoms with van der Waals surface area (Å²) in [6, 6.07) is 6.83. The van der Waals surface area contributed by atoms with Gasteiger partial charge < -0.3 is 31.1 Å². The summed E-state index contributed by atoms with van der Waals surface area (Å²) in [5.74, 6) is -3.68. The van der Waals surface area contributed by atoms with E-state index >= 15 is 0 Å². The number of carbonyl (C=O) groups excluding carboxylic acids is 5. The monoisotopic (exact) mass is 603 g/mol. The highest BCUT2D eigenvalue weighted by Gasteiger charge is 2.54. The van der Waals surface area contributed by atoms with Crippen molar-refractivity contribution in [2.75, 3.05) is 25.1 Å². The van der Waals surface area contributed by atoms with Crippen LogP contribution < -0.4 is 22.1 Å². The number of ether oxygens (including phenoxy) is 2. The van der Waals surface area contributed by atoms with Gasteiger partial charge >= 0.3 is 18.4 Å². The van der Waals surface area contributed by atoms with Crippen LogP contribution in [-0.4, -0.2) is 82.5 Å². The zero-order valence-corrected chi connectivity index (χ0v) is 23.3. The summed E-state index contributed by atoms with van der Waals surface area (Å²) in [5, 5.41) is 9.58. The van der Waals surface area contributed by atoms with E-state index in [0.29, 0.717) is 11.3 Å². The molecule has 1 fully saturated rings. The Balaban J connectivity index is 1.47. The summed E-state index contributed by atoms with van der Waals surface area (Å²) in [6.07, 6.45) is -1.83. The predicted molar refractivity (Wildman–Crippen MR) is 147 cm³/mol. The summed E-state index contributed by atoms with van der Waals surface area (Å²) in [7, 11) is 1.25. The molecule has 4 rings (SSSR count). The normalized spacial score (nSPS) is 19.0. The molecule has 1 aromatic heterocycles. The third-order valence-corrected chi connectivity index (χ3v) is 7.80. The SMILES string of the molecule is CO/N=C(\C(=O)N[C@@H]1C(=O)N2C(C(=O)OC(NC(=O)CN)OC(=O)c3ccccc3)=C(C)CS[C@H]12)c1csc(N)n1. The minimum Gasteiger partial charge on any atom is -0.402 e. The number of esters is 2. The second-order valence-corrected chi connectivity index (χ2v) is 10.5. The molecule has 0 bridgehead atoms. The van der Waals surface area contributed by atoms with E-state index in [1.807, 2.05) is 0 Å². The lowest BCUT2D eigenvalue weighted by atomic mass is 10.0. The molecule has 2 aliphatic heterocycles. The van der Waals surface area contributed by atoms with Gasteiger partial charge in [0, 0.05) is 11.1 Å². The third-order valence-electron chi connectivity index (χ3n) is 5.70. The molecule has 1 aromatic carbocycles. The predicted octanol–water partition coefficient (Wildman–Crippen LogP) is -0.492. The summed E-state index contributed by atoms with van der Waals surface area (Å²) in [4.78, 5) is 73.8. The van der Waals surface area contributed by atoms with Crippen molar-refractivity contribution < 1.29 is 38.3 Å². The van der Waals surface area contributed by atoms with Crippen LogP contribution in [0.1, 0.15) is 23.0 Å². The van der Waals surface area contributed by atoms with Crippen molar-refractivity contribution in [3.8, 4) is 0 Å². The van der Waals surface area contributed by atoms with E-state index in [1.54, 1.807) is 25.1 Å². The van der Waals surface area contributed by atoms with Crippen LogP contribution in [0.5, 0.6) is 0 Å². The van der Waals surface area contributed by atoms with Gasteiger partial charge in [-0.2, -0.15) is 0 Å². The van der Waals surface area contributed by atoms with Crippen LogP contribution in [0.3, 0.4) is 0 Å². The largest absolute Gasteiger partial charge is 0.402 e. The lowest BCUT2D eigenvalue weighted by molar-refractivity contribution is -0.175. The molecule has 3 atom stereocenters. The van der Waals surface area contributed by atoms with Crippen molar-refractivity contribution in [1.82, 2.24) is 20.5 Å². The summed E-state index contributed by atoms with van der Waals surface area (Å²) >= 11 is 2.41. The molecule has 0 radical (unpaired) electrons. The highest BCUT2D eigenvalue weighted by Crippen LogP contribution is 2.40. The number of rotatable bonds is 10. The van der Waals surface area contributed by atoms with Gasteiger partial charge in [-0.1, -0.05) is 23.4 Å². The van der Waals surface area contributed by atoms with Crippen LogP contribution >= 0.6 is 23.1 Å². The molecular formula is C24H25N7O8S2. The lowest BCUT2D eigenvalue weighted by Gasteiger charge is -2.49. The first-order chi connectivity index (χ1) is 19.6. The number of nitrogens with two attached hydrogens (primary N) is 2. The Labute approximate surface area is 241 Å². The van der Waals surface area contributed by atoms with Gasteiger partial charge in [-0.3, -0.25) is 24.6 Å². The molecule has 0 aliphatic carbocycles. The van der Waals surface area contributed by atoms with Crippen molar-refractivity contribution >= 4 is 63.6 Å². The maximum Gasteiger partial charge on any atom is 0.359 e. The number of aromatic nitrogens is 1. The Morgan fingerprint density at radius 1 is 1.20 bits per heavy atom. The number of nitrogens with zero attached hydrogens (tertiary/aromatic N) is 3. The van der Waals surface area contributed by atoms with E-state index < -0.39 is 54.0 Å². The molecule has 1 saturated heterocycles. The second-order valence-electron chi connectivity index (χ2n) is 8.46. The highest BCUT2D eigenvalue weighted by molar-refractivity contribution is 8.00. The van der Waals surface area contributed by atoms with Crippen molar-refractivity contribution in [3.05, 3.63) is 58.2 Å². The molecule has 41 heavy (non-hydrogen) atoms. The maximum atomic E-state index is 13.3. The van der Waals surface area contributed by atoms with Gasteiger partial charge in [0.2, 0.25) is 5.91 Å². The minimum absolute atomic E-state index is 0.106. The fourth-order valence-electron chi connectivity index (χ4n) is 3.83. The Morgan fingerprint density at radius 3 is 2.54 bits per heavy atom. The number of hydrogen-bond acceptors (Lipinski definition) is 14. The van der Waals surface area contributed by atoms with Crippen LogP contribution in [0.15, 0.2) is 52.1 Å². The van der Waals surface area contributed by atoms with Crippen LogP contribution in [-0.2, 0) is 33.5 Å². The number of β-lactam (4-membered cyclic amide) rings is 1. The number of oxime groups is 1. The number of nitrogen functional groups attached to an aromatic ring is 1. The Hall–Kier alpha value is -4.48. The van der Waals surface area contributed by atoms with E-state index in [0.717, 1.165) is 11.3 Å². The molecule has 15 nitrogen and oxygen atoms in total. The van der Waals surface area contributed by atoms with Crippen LogP contribution in [0, 0.1) is 0 Å². The molecule has 17 heteroatoms. The first kappa shape index (κ1) is 29.5. The third kappa shape index (κ3) is 6.47. The zero-order valence-electron chi connectivity index (χ0n) is 21.7. The Bertz CT molecular complexity index is 1430. The number of hydrogen-bond donors (Lipinski definition) is 4. The molecule has 6 N–H and O–H groups in total. The number of anilines is 1. The van der Waals surface area contributed by atoms with Gasteiger partial charge in [0.05, 0.1) is 12.1 Å². The minimum atomic E-state index is -1.83. The quantitative estimate of drug-likeness (QED) is 0.0889. The van der Waals surface area contributed by atoms with Crippen molar-refractivity contribution in [1.29, 1.82) is 0 Å². The average molecular weight is 604 g/mol. The topological polar surface area (TPSA) is 218 Å². The standard InChI is InChI=1S/C24H25N7O8S2/c1-11-9-40-20-16(29-18(33)15(30-37-2)13-10-41-23(26)27-13)19(34)31(20)17(11)22(36)39-24(28-14(32)8-25)38-21(35)12-6-4-3-5-7-12/h3-7,10,16,20,24H,8-9,25H2,1-2H3,(H2,26,27)(H,28,32)(H,29,33)/b30-15-/t16-,20-,24?/m1/s1. The molecule has 0 spiro atoms. The summed E-state index contributed by atoms with van der Waals surface area (Å²) in [5.41, 5.74) is 11.5. The van der Waals surface area contributed by atoms with Crippen molar-refractivity contribution in [2.24, 2.45) is 10.9 Å². The van der Waals surface area contributed by atoms with Gasteiger partial charge in [-0.25, -0.2) is 14.6 Å². The maximum absolute atomic E-state index is 13.3. The number of thiazole rings is 1. The van der Waals surface area contributed by atoms with E-state index in [4.69, 9.17) is 25.8 Å². The smallest absolute Gasteiger partial charge is 0.359 e. The van der Waals surface area contributed by atoms with Crippen LogP contribution in [0.2, 0.25) is 0 Å². The van der Waals surface area contributed by atoms with E-state index in [1.165, 1.54) is 41.3 Å². The average Bonchev–Trinajstić information content (AvgIpc) is 3.40.